The molecule has 1 aromatic carbocycles. The molecule has 0 radical (unpaired) electrons. The van der Waals surface area contributed by atoms with Crippen molar-refractivity contribution >= 4 is 24.8 Å². The molecule has 118 valence electrons. The molecule has 1 fully saturated rings. The number of benzene rings is 1. The molecule has 1 aromatic rings. The van der Waals surface area contributed by atoms with Crippen molar-refractivity contribution in [2.24, 2.45) is 5.92 Å². The maximum absolute atomic E-state index is 8.90. The lowest BCUT2D eigenvalue weighted by Crippen LogP contribution is -2.46. The molecule has 3 nitrogen and oxygen atoms in total. The minimum Gasteiger partial charge on any atom is -0.314 e. The minimum atomic E-state index is 0. The van der Waals surface area contributed by atoms with Crippen LogP contribution in [0.4, 0.5) is 0 Å². The zero-order valence-electron chi connectivity index (χ0n) is 12.7. The molecule has 1 aliphatic rings. The Hall–Kier alpha value is -0.790. The smallest absolute Gasteiger partial charge is 0.0991 e. The van der Waals surface area contributed by atoms with Crippen LogP contribution in [0.2, 0.25) is 0 Å². The maximum Gasteiger partial charge on any atom is 0.0991 e. The number of hydrogen-bond acceptors (Lipinski definition) is 3. The van der Waals surface area contributed by atoms with Crippen molar-refractivity contribution in [1.82, 2.24) is 10.2 Å². The van der Waals surface area contributed by atoms with Gasteiger partial charge in [0, 0.05) is 32.2 Å². The van der Waals surface area contributed by atoms with E-state index in [0.29, 0.717) is 12.0 Å². The van der Waals surface area contributed by atoms with Gasteiger partial charge in [0.05, 0.1) is 11.6 Å². The van der Waals surface area contributed by atoms with Gasteiger partial charge < -0.3 is 5.32 Å². The van der Waals surface area contributed by atoms with E-state index in [-0.39, 0.29) is 24.8 Å². The van der Waals surface area contributed by atoms with E-state index >= 15 is 0 Å². The van der Waals surface area contributed by atoms with Gasteiger partial charge >= 0.3 is 0 Å². The number of nitrogens with zero attached hydrogens (tertiary/aromatic N) is 2. The molecular formula is C16H25Cl2N3. The molecule has 0 aliphatic carbocycles. The summed E-state index contributed by atoms with van der Waals surface area (Å²) in [4.78, 5) is 2.58. The van der Waals surface area contributed by atoms with Crippen LogP contribution in [0.1, 0.15) is 37.4 Å². The predicted molar refractivity (Wildman–Crippen MR) is 92.3 cm³/mol. The monoisotopic (exact) mass is 329 g/mol. The van der Waals surface area contributed by atoms with Crippen LogP contribution < -0.4 is 5.32 Å². The molecule has 21 heavy (non-hydrogen) atoms. The lowest BCUT2D eigenvalue weighted by atomic mass is 9.90. The van der Waals surface area contributed by atoms with E-state index in [1.807, 2.05) is 12.1 Å². The molecule has 5 heteroatoms. The largest absolute Gasteiger partial charge is 0.314 e. The Labute approximate surface area is 140 Å². The predicted octanol–water partition coefficient (Wildman–Crippen LogP) is 3.39. The average Bonchev–Trinajstić information content (AvgIpc) is 2.49. The lowest BCUT2D eigenvalue weighted by Gasteiger charge is -2.38. The van der Waals surface area contributed by atoms with Crippen molar-refractivity contribution in [3.05, 3.63) is 35.4 Å². The van der Waals surface area contributed by atoms with E-state index < -0.39 is 0 Å². The van der Waals surface area contributed by atoms with E-state index in [1.54, 1.807) is 0 Å². The standard InChI is InChI=1S/C16H23N3.2ClH/c1-3-13(2)16(19-10-8-18-9-11-19)15-6-4-14(12-17)5-7-15;;/h4-7,13,16,18H,3,8-11H2,1-2H3;2*1H/t13?,16-;;/m0../s1. The van der Waals surface area contributed by atoms with Crippen LogP contribution in [0.15, 0.2) is 24.3 Å². The van der Waals surface area contributed by atoms with Crippen molar-refractivity contribution in [3.8, 4) is 6.07 Å². The second-order valence-corrected chi connectivity index (χ2v) is 5.35. The fourth-order valence-corrected chi connectivity index (χ4v) is 2.84. The Morgan fingerprint density at radius 3 is 2.24 bits per heavy atom. The summed E-state index contributed by atoms with van der Waals surface area (Å²) in [5.74, 6) is 0.631. The third-order valence-corrected chi connectivity index (χ3v) is 4.11. The number of rotatable bonds is 4. The van der Waals surface area contributed by atoms with Crippen molar-refractivity contribution in [3.63, 3.8) is 0 Å². The molecule has 2 atom stereocenters. The SMILES string of the molecule is CCC(C)[C@@H](c1ccc(C#N)cc1)N1CCNCC1.Cl.Cl. The molecule has 0 bridgehead atoms. The van der Waals surface area contributed by atoms with Crippen LogP contribution in [0.5, 0.6) is 0 Å². The van der Waals surface area contributed by atoms with Crippen molar-refractivity contribution in [2.45, 2.75) is 26.3 Å². The summed E-state index contributed by atoms with van der Waals surface area (Å²) in [6.45, 7) is 8.94. The van der Waals surface area contributed by atoms with E-state index in [9.17, 15) is 0 Å². The van der Waals surface area contributed by atoms with E-state index in [4.69, 9.17) is 5.26 Å². The van der Waals surface area contributed by atoms with Crippen molar-refractivity contribution in [2.75, 3.05) is 26.2 Å². The number of piperazine rings is 1. The molecule has 0 spiro atoms. The second-order valence-electron chi connectivity index (χ2n) is 5.35. The second kappa shape index (κ2) is 10.0. The Kier molecular flexibility index (Phi) is 9.65. The zero-order chi connectivity index (χ0) is 13.7. The van der Waals surface area contributed by atoms with Gasteiger partial charge in [-0.1, -0.05) is 32.4 Å². The van der Waals surface area contributed by atoms with Gasteiger partial charge in [-0.3, -0.25) is 4.90 Å². The molecule has 2 rings (SSSR count). The van der Waals surface area contributed by atoms with Gasteiger partial charge in [-0.25, -0.2) is 0 Å². The lowest BCUT2D eigenvalue weighted by molar-refractivity contribution is 0.128. The van der Waals surface area contributed by atoms with Crippen molar-refractivity contribution < 1.29 is 0 Å². The van der Waals surface area contributed by atoms with Crippen molar-refractivity contribution in [1.29, 1.82) is 5.26 Å². The quantitative estimate of drug-likeness (QED) is 0.920. The van der Waals surface area contributed by atoms with Crippen LogP contribution in [0, 0.1) is 17.2 Å². The van der Waals surface area contributed by atoms with Crippen LogP contribution in [-0.4, -0.2) is 31.1 Å². The van der Waals surface area contributed by atoms with Gasteiger partial charge in [-0.15, -0.1) is 24.8 Å². The summed E-state index contributed by atoms with van der Waals surface area (Å²) in [6.07, 6.45) is 1.18. The average molecular weight is 330 g/mol. The molecule has 1 heterocycles. The molecule has 1 unspecified atom stereocenters. The Bertz CT molecular complexity index is 436. The fourth-order valence-electron chi connectivity index (χ4n) is 2.84. The molecule has 0 aromatic heterocycles. The third-order valence-electron chi connectivity index (χ3n) is 4.11. The fraction of sp³-hybridized carbons (Fsp3) is 0.562. The number of nitrogens with one attached hydrogen (secondary N) is 1. The number of nitriles is 1. The third kappa shape index (κ3) is 5.16. The highest BCUT2D eigenvalue weighted by atomic mass is 35.5. The van der Waals surface area contributed by atoms with Crippen LogP contribution in [-0.2, 0) is 0 Å². The van der Waals surface area contributed by atoms with Crippen LogP contribution in [0.3, 0.4) is 0 Å². The van der Waals surface area contributed by atoms with Crippen LogP contribution >= 0.6 is 24.8 Å². The summed E-state index contributed by atoms with van der Waals surface area (Å²) >= 11 is 0. The maximum atomic E-state index is 8.90. The van der Waals surface area contributed by atoms with E-state index in [2.05, 4.69) is 42.3 Å². The highest BCUT2D eigenvalue weighted by Crippen LogP contribution is 2.31. The minimum absolute atomic E-state index is 0. The van der Waals surface area contributed by atoms with Gasteiger partial charge in [0.2, 0.25) is 0 Å². The van der Waals surface area contributed by atoms with Gasteiger partial charge in [-0.2, -0.15) is 5.26 Å². The first kappa shape index (κ1) is 20.2. The first-order chi connectivity index (χ1) is 9.26. The van der Waals surface area contributed by atoms with E-state index in [1.165, 1.54) is 12.0 Å². The summed E-state index contributed by atoms with van der Waals surface area (Å²) in [5.41, 5.74) is 2.09. The highest BCUT2D eigenvalue weighted by Gasteiger charge is 2.26. The Morgan fingerprint density at radius 1 is 1.19 bits per heavy atom. The normalized spacial score (nSPS) is 17.8. The van der Waals surface area contributed by atoms with Gasteiger partial charge in [-0.05, 0) is 23.6 Å². The van der Waals surface area contributed by atoms with Gasteiger partial charge in [0.1, 0.15) is 0 Å². The molecule has 0 saturated carbocycles. The van der Waals surface area contributed by atoms with E-state index in [0.717, 1.165) is 31.7 Å². The number of halogens is 2. The molecular weight excluding hydrogens is 305 g/mol. The Balaban J connectivity index is 0.00000200. The first-order valence-corrected chi connectivity index (χ1v) is 7.21. The summed E-state index contributed by atoms with van der Waals surface area (Å²) < 4.78 is 0. The summed E-state index contributed by atoms with van der Waals surface area (Å²) in [7, 11) is 0. The first-order valence-electron chi connectivity index (χ1n) is 7.21. The molecule has 1 N–H and O–H groups in total. The summed E-state index contributed by atoms with van der Waals surface area (Å²) in [5, 5.41) is 12.3. The topological polar surface area (TPSA) is 39.1 Å². The molecule has 0 amide bonds. The van der Waals surface area contributed by atoms with Gasteiger partial charge in [0.15, 0.2) is 0 Å². The summed E-state index contributed by atoms with van der Waals surface area (Å²) in [6, 6.07) is 10.8. The molecule has 1 saturated heterocycles. The Morgan fingerprint density at radius 2 is 1.76 bits per heavy atom. The highest BCUT2D eigenvalue weighted by molar-refractivity contribution is 5.85. The van der Waals surface area contributed by atoms with Gasteiger partial charge in [0.25, 0.3) is 0 Å². The van der Waals surface area contributed by atoms with Crippen LogP contribution in [0.25, 0.3) is 0 Å². The zero-order valence-corrected chi connectivity index (χ0v) is 14.3. The number of hydrogen-bond donors (Lipinski definition) is 1. The molecule has 1 aliphatic heterocycles.